The van der Waals surface area contributed by atoms with E-state index in [2.05, 4.69) is 4.98 Å². The first-order valence-corrected chi connectivity index (χ1v) is 7.92. The van der Waals surface area contributed by atoms with Gasteiger partial charge in [0.2, 0.25) is 0 Å². The van der Waals surface area contributed by atoms with Crippen LogP contribution < -0.4 is 0 Å². The number of nitrogens with zero attached hydrogens (tertiary/aromatic N) is 1. The van der Waals surface area contributed by atoms with Crippen LogP contribution in [0.4, 0.5) is 13.2 Å². The van der Waals surface area contributed by atoms with Crippen molar-refractivity contribution in [2.75, 3.05) is 7.11 Å². The molecule has 3 nitrogen and oxygen atoms in total. The smallest absolute Gasteiger partial charge is 0.416 e. The second-order valence-electron chi connectivity index (χ2n) is 5.58. The normalized spacial score (nSPS) is 16.2. The van der Waals surface area contributed by atoms with Crippen LogP contribution in [0.5, 0.6) is 0 Å². The summed E-state index contributed by atoms with van der Waals surface area (Å²) in [5.41, 5.74) is -0.0999. The SMILES string of the molecule is COC(=O)C1(c2csc(Cc3cccc(C(F)(F)F)c3)n2)CC1. The monoisotopic (exact) mass is 341 g/mol. The lowest BCUT2D eigenvalue weighted by atomic mass is 10.0. The quantitative estimate of drug-likeness (QED) is 0.790. The van der Waals surface area contributed by atoms with E-state index in [0.717, 1.165) is 12.1 Å². The number of aromatic nitrogens is 1. The molecular formula is C16H14F3NO2S. The summed E-state index contributed by atoms with van der Waals surface area (Å²) in [6.45, 7) is 0. The number of halogens is 3. The molecule has 1 saturated carbocycles. The predicted molar refractivity (Wildman–Crippen MR) is 79.3 cm³/mol. The molecule has 1 aliphatic carbocycles. The van der Waals surface area contributed by atoms with Crippen LogP contribution in [0.3, 0.4) is 0 Å². The van der Waals surface area contributed by atoms with Crippen molar-refractivity contribution >= 4 is 17.3 Å². The Morgan fingerprint density at radius 2 is 2.13 bits per heavy atom. The van der Waals surface area contributed by atoms with Gasteiger partial charge < -0.3 is 4.74 Å². The van der Waals surface area contributed by atoms with E-state index >= 15 is 0 Å². The third-order valence-corrected chi connectivity index (χ3v) is 4.83. The average Bonchev–Trinajstić information content (AvgIpc) is 3.20. The highest BCUT2D eigenvalue weighted by atomic mass is 32.1. The van der Waals surface area contributed by atoms with E-state index in [1.807, 2.05) is 0 Å². The van der Waals surface area contributed by atoms with Crippen LogP contribution in [0.2, 0.25) is 0 Å². The summed E-state index contributed by atoms with van der Waals surface area (Å²) in [5.74, 6) is -0.298. The maximum absolute atomic E-state index is 12.7. The number of alkyl halides is 3. The molecule has 1 aromatic carbocycles. The van der Waals surface area contributed by atoms with Gasteiger partial charge in [0.1, 0.15) is 5.41 Å². The minimum Gasteiger partial charge on any atom is -0.468 e. The third kappa shape index (κ3) is 3.10. The molecule has 0 amide bonds. The number of carbonyl (C=O) groups excluding carboxylic acids is 1. The average molecular weight is 341 g/mol. The molecule has 7 heteroatoms. The van der Waals surface area contributed by atoms with Gasteiger partial charge in [-0.25, -0.2) is 4.98 Å². The minimum atomic E-state index is -4.35. The summed E-state index contributed by atoms with van der Waals surface area (Å²) in [7, 11) is 1.35. The van der Waals surface area contributed by atoms with E-state index < -0.39 is 17.2 Å². The zero-order chi connectivity index (χ0) is 16.7. The molecule has 0 bridgehead atoms. The van der Waals surface area contributed by atoms with Gasteiger partial charge in [-0.05, 0) is 24.5 Å². The van der Waals surface area contributed by atoms with E-state index in [1.165, 1.54) is 24.5 Å². The van der Waals surface area contributed by atoms with E-state index in [4.69, 9.17) is 4.74 Å². The number of hydrogen-bond donors (Lipinski definition) is 0. The molecule has 3 rings (SSSR count). The van der Waals surface area contributed by atoms with Crippen molar-refractivity contribution in [2.24, 2.45) is 0 Å². The van der Waals surface area contributed by atoms with Gasteiger partial charge in [-0.15, -0.1) is 11.3 Å². The lowest BCUT2D eigenvalue weighted by Crippen LogP contribution is -2.22. The Balaban J connectivity index is 1.79. The highest BCUT2D eigenvalue weighted by molar-refractivity contribution is 7.09. The van der Waals surface area contributed by atoms with Crippen LogP contribution >= 0.6 is 11.3 Å². The first-order valence-electron chi connectivity index (χ1n) is 7.04. The Bertz CT molecular complexity index is 735. The van der Waals surface area contributed by atoms with Gasteiger partial charge in [0.25, 0.3) is 0 Å². The van der Waals surface area contributed by atoms with Crippen molar-refractivity contribution in [1.82, 2.24) is 4.98 Å². The van der Waals surface area contributed by atoms with Gasteiger partial charge in [0, 0.05) is 11.8 Å². The molecule has 0 N–H and O–H groups in total. The summed E-state index contributed by atoms with van der Waals surface area (Å²) in [4.78, 5) is 16.3. The van der Waals surface area contributed by atoms with Crippen molar-refractivity contribution in [3.8, 4) is 0 Å². The van der Waals surface area contributed by atoms with Crippen molar-refractivity contribution in [3.63, 3.8) is 0 Å². The Kier molecular flexibility index (Phi) is 3.91. The Morgan fingerprint density at radius 3 is 2.74 bits per heavy atom. The predicted octanol–water partition coefficient (Wildman–Crippen LogP) is 3.96. The molecule has 0 spiro atoms. The molecule has 0 unspecified atom stereocenters. The number of thiazole rings is 1. The van der Waals surface area contributed by atoms with Crippen LogP contribution in [-0.2, 0) is 27.5 Å². The molecule has 1 aromatic heterocycles. The number of methoxy groups -OCH3 is 1. The number of carbonyl (C=O) groups is 1. The molecule has 0 saturated heterocycles. The maximum Gasteiger partial charge on any atom is 0.416 e. The van der Waals surface area contributed by atoms with Gasteiger partial charge in [-0.1, -0.05) is 18.2 Å². The van der Waals surface area contributed by atoms with Crippen LogP contribution in [-0.4, -0.2) is 18.1 Å². The third-order valence-electron chi connectivity index (χ3n) is 3.98. The standard InChI is InChI=1S/C16H14F3NO2S/c1-22-14(21)15(5-6-15)12-9-23-13(20-12)8-10-3-2-4-11(7-10)16(17,18)19/h2-4,7,9H,5-6,8H2,1H3. The van der Waals surface area contributed by atoms with Crippen molar-refractivity contribution in [2.45, 2.75) is 30.9 Å². The van der Waals surface area contributed by atoms with Gasteiger partial charge >= 0.3 is 12.1 Å². The van der Waals surface area contributed by atoms with E-state index in [1.54, 1.807) is 11.4 Å². The van der Waals surface area contributed by atoms with Crippen LogP contribution in [0.25, 0.3) is 0 Å². The molecule has 23 heavy (non-hydrogen) atoms. The number of ether oxygens (including phenoxy) is 1. The Morgan fingerprint density at radius 1 is 1.39 bits per heavy atom. The van der Waals surface area contributed by atoms with Crippen LogP contribution in [0.15, 0.2) is 29.6 Å². The number of hydrogen-bond acceptors (Lipinski definition) is 4. The highest BCUT2D eigenvalue weighted by Gasteiger charge is 2.54. The molecule has 1 aliphatic rings. The Hall–Kier alpha value is -1.89. The van der Waals surface area contributed by atoms with E-state index in [9.17, 15) is 18.0 Å². The number of benzene rings is 1. The van der Waals surface area contributed by atoms with Gasteiger partial charge in [-0.3, -0.25) is 4.79 Å². The summed E-state index contributed by atoms with van der Waals surface area (Å²) in [5, 5.41) is 2.49. The molecule has 122 valence electrons. The first kappa shape index (κ1) is 16.0. The first-order chi connectivity index (χ1) is 10.8. The topological polar surface area (TPSA) is 39.2 Å². The molecular weight excluding hydrogens is 327 g/mol. The van der Waals surface area contributed by atoms with Gasteiger partial charge in [0.15, 0.2) is 0 Å². The zero-order valence-electron chi connectivity index (χ0n) is 12.3. The van der Waals surface area contributed by atoms with E-state index in [0.29, 0.717) is 35.5 Å². The van der Waals surface area contributed by atoms with Crippen LogP contribution in [0.1, 0.15) is 34.7 Å². The number of rotatable bonds is 4. The fraction of sp³-hybridized carbons (Fsp3) is 0.375. The zero-order valence-corrected chi connectivity index (χ0v) is 13.1. The van der Waals surface area contributed by atoms with Crippen LogP contribution in [0, 0.1) is 0 Å². The lowest BCUT2D eigenvalue weighted by Gasteiger charge is -2.09. The van der Waals surface area contributed by atoms with Crippen molar-refractivity contribution < 1.29 is 22.7 Å². The molecule has 0 radical (unpaired) electrons. The largest absolute Gasteiger partial charge is 0.468 e. The second kappa shape index (κ2) is 5.63. The summed E-state index contributed by atoms with van der Waals surface area (Å²) < 4.78 is 43.0. The minimum absolute atomic E-state index is 0.298. The molecule has 0 aliphatic heterocycles. The summed E-state index contributed by atoms with van der Waals surface area (Å²) in [6, 6.07) is 5.22. The highest BCUT2D eigenvalue weighted by Crippen LogP contribution is 2.49. The van der Waals surface area contributed by atoms with Crippen molar-refractivity contribution in [1.29, 1.82) is 0 Å². The molecule has 2 aromatic rings. The van der Waals surface area contributed by atoms with Crippen molar-refractivity contribution in [3.05, 3.63) is 51.5 Å². The fourth-order valence-electron chi connectivity index (χ4n) is 2.53. The van der Waals surface area contributed by atoms with Gasteiger partial charge in [-0.2, -0.15) is 13.2 Å². The second-order valence-corrected chi connectivity index (χ2v) is 6.52. The fourth-order valence-corrected chi connectivity index (χ4v) is 3.46. The Labute approximate surface area is 135 Å². The summed E-state index contributed by atoms with van der Waals surface area (Å²) in [6.07, 6.45) is -2.64. The molecule has 1 fully saturated rings. The summed E-state index contributed by atoms with van der Waals surface area (Å²) >= 11 is 1.35. The van der Waals surface area contributed by atoms with E-state index in [-0.39, 0.29) is 5.97 Å². The molecule has 0 atom stereocenters. The maximum atomic E-state index is 12.7. The van der Waals surface area contributed by atoms with Gasteiger partial charge in [0.05, 0.1) is 23.4 Å². The lowest BCUT2D eigenvalue weighted by molar-refractivity contribution is -0.143. The molecule has 1 heterocycles. The number of esters is 1.